The minimum Gasteiger partial charge on any atom is -0.491 e. The summed E-state index contributed by atoms with van der Waals surface area (Å²) in [6.07, 6.45) is 7.35. The zero-order chi connectivity index (χ0) is 19.5. The number of fused-ring (bicyclic) bond motifs is 1. The first-order chi connectivity index (χ1) is 14.4. The number of benzene rings is 2. The molecule has 0 N–H and O–H groups in total. The standard InChI is InChI=1S/C26H30N2O/c1-2-6-21(7-3-1)24-19-22(24)18-20-11-14-28(15-12-20)16-17-29-26-10-13-27-25-9-5-4-8-23(25)26/h1-10,13,20,22,24H,11-12,14-19H2/t22-,24+/m1/s1. The lowest BCUT2D eigenvalue weighted by molar-refractivity contribution is 0.149. The van der Waals surface area contributed by atoms with Gasteiger partial charge in [0, 0.05) is 18.1 Å². The van der Waals surface area contributed by atoms with Gasteiger partial charge in [0.1, 0.15) is 12.4 Å². The van der Waals surface area contributed by atoms with E-state index in [0.717, 1.165) is 47.6 Å². The summed E-state index contributed by atoms with van der Waals surface area (Å²) in [5.74, 6) is 3.62. The van der Waals surface area contributed by atoms with E-state index < -0.39 is 0 Å². The summed E-state index contributed by atoms with van der Waals surface area (Å²) in [7, 11) is 0. The predicted octanol–water partition coefficient (Wildman–Crippen LogP) is 5.52. The molecule has 2 atom stereocenters. The number of aromatic nitrogens is 1. The van der Waals surface area contributed by atoms with Crippen molar-refractivity contribution in [2.75, 3.05) is 26.2 Å². The number of pyridine rings is 1. The predicted molar refractivity (Wildman–Crippen MR) is 118 cm³/mol. The van der Waals surface area contributed by atoms with Gasteiger partial charge in [-0.25, -0.2) is 0 Å². The first-order valence-electron chi connectivity index (χ1n) is 11.1. The van der Waals surface area contributed by atoms with Gasteiger partial charge >= 0.3 is 0 Å². The summed E-state index contributed by atoms with van der Waals surface area (Å²) in [5.41, 5.74) is 2.55. The zero-order valence-corrected chi connectivity index (χ0v) is 17.0. The van der Waals surface area contributed by atoms with Crippen LogP contribution < -0.4 is 4.74 Å². The number of hydrogen-bond acceptors (Lipinski definition) is 3. The van der Waals surface area contributed by atoms with E-state index in [4.69, 9.17) is 4.74 Å². The van der Waals surface area contributed by atoms with Crippen LogP contribution in [0.3, 0.4) is 0 Å². The Bertz CT molecular complexity index is 928. The van der Waals surface area contributed by atoms with Crippen LogP contribution in [0, 0.1) is 11.8 Å². The summed E-state index contributed by atoms with van der Waals surface area (Å²) < 4.78 is 6.10. The molecule has 0 spiro atoms. The Kier molecular flexibility index (Phi) is 5.49. The second-order valence-corrected chi connectivity index (χ2v) is 8.71. The largest absolute Gasteiger partial charge is 0.491 e. The number of piperidine rings is 1. The number of para-hydroxylation sites is 1. The molecule has 1 aromatic heterocycles. The molecule has 0 bridgehead atoms. The third kappa shape index (κ3) is 4.45. The third-order valence-electron chi connectivity index (χ3n) is 6.77. The molecule has 1 aliphatic heterocycles. The van der Waals surface area contributed by atoms with Crippen LogP contribution in [0.15, 0.2) is 66.9 Å². The van der Waals surface area contributed by atoms with Crippen LogP contribution in [0.25, 0.3) is 10.9 Å². The summed E-state index contributed by atoms with van der Waals surface area (Å²) in [4.78, 5) is 6.98. The molecule has 2 aromatic carbocycles. The highest BCUT2D eigenvalue weighted by molar-refractivity contribution is 5.84. The summed E-state index contributed by atoms with van der Waals surface area (Å²) in [6, 6.07) is 21.3. The number of nitrogens with zero attached hydrogens (tertiary/aromatic N) is 2. The van der Waals surface area contributed by atoms with Gasteiger partial charge in [-0.15, -0.1) is 0 Å². The van der Waals surface area contributed by atoms with E-state index in [1.165, 1.54) is 38.8 Å². The van der Waals surface area contributed by atoms with E-state index in [2.05, 4.69) is 46.3 Å². The molecule has 1 saturated carbocycles. The molecule has 5 rings (SSSR count). The SMILES string of the molecule is c1ccc([C@@H]2C[C@H]2CC2CCN(CCOc3ccnc4ccccc34)CC2)cc1. The van der Waals surface area contributed by atoms with Crippen molar-refractivity contribution < 1.29 is 4.74 Å². The fourth-order valence-electron chi connectivity index (χ4n) is 4.97. The topological polar surface area (TPSA) is 25.4 Å². The smallest absolute Gasteiger partial charge is 0.130 e. The van der Waals surface area contributed by atoms with Gasteiger partial charge in [-0.05, 0) is 80.3 Å². The number of rotatable bonds is 7. The maximum Gasteiger partial charge on any atom is 0.130 e. The molecule has 150 valence electrons. The normalized spacial score (nSPS) is 22.6. The van der Waals surface area contributed by atoms with Crippen molar-refractivity contribution in [3.63, 3.8) is 0 Å². The van der Waals surface area contributed by atoms with E-state index in [9.17, 15) is 0 Å². The molecule has 1 saturated heterocycles. The lowest BCUT2D eigenvalue weighted by Gasteiger charge is -2.32. The molecule has 2 aliphatic rings. The molecule has 29 heavy (non-hydrogen) atoms. The lowest BCUT2D eigenvalue weighted by atomic mass is 9.90. The summed E-state index contributed by atoms with van der Waals surface area (Å²) >= 11 is 0. The van der Waals surface area contributed by atoms with Crippen LogP contribution in [0.2, 0.25) is 0 Å². The molecule has 0 amide bonds. The molecule has 3 heteroatoms. The van der Waals surface area contributed by atoms with Crippen molar-refractivity contribution in [3.8, 4) is 5.75 Å². The monoisotopic (exact) mass is 386 g/mol. The van der Waals surface area contributed by atoms with Gasteiger partial charge in [0.25, 0.3) is 0 Å². The summed E-state index contributed by atoms with van der Waals surface area (Å²) in [5, 5.41) is 1.10. The van der Waals surface area contributed by atoms with Crippen molar-refractivity contribution in [1.82, 2.24) is 9.88 Å². The third-order valence-corrected chi connectivity index (χ3v) is 6.77. The molecule has 3 nitrogen and oxygen atoms in total. The molecule has 1 aliphatic carbocycles. The van der Waals surface area contributed by atoms with E-state index >= 15 is 0 Å². The molecule has 2 fully saturated rings. The van der Waals surface area contributed by atoms with Crippen molar-refractivity contribution in [2.45, 2.75) is 31.6 Å². The van der Waals surface area contributed by atoms with Crippen molar-refractivity contribution in [3.05, 3.63) is 72.4 Å². The highest BCUT2D eigenvalue weighted by atomic mass is 16.5. The average Bonchev–Trinajstić information content (AvgIpc) is 3.55. The van der Waals surface area contributed by atoms with Crippen LogP contribution in [0.4, 0.5) is 0 Å². The van der Waals surface area contributed by atoms with E-state index in [1.54, 1.807) is 5.56 Å². The van der Waals surface area contributed by atoms with Gasteiger partial charge in [-0.2, -0.15) is 0 Å². The first-order valence-corrected chi connectivity index (χ1v) is 11.1. The molecule has 2 heterocycles. The second kappa shape index (κ2) is 8.54. The van der Waals surface area contributed by atoms with Gasteiger partial charge in [0.2, 0.25) is 0 Å². The van der Waals surface area contributed by atoms with E-state index in [1.807, 2.05) is 30.5 Å². The molecule has 0 radical (unpaired) electrons. The lowest BCUT2D eigenvalue weighted by Crippen LogP contribution is -2.36. The zero-order valence-electron chi connectivity index (χ0n) is 17.0. The molecule has 3 aromatic rings. The van der Waals surface area contributed by atoms with Gasteiger partial charge in [-0.1, -0.05) is 42.5 Å². The van der Waals surface area contributed by atoms with Crippen molar-refractivity contribution >= 4 is 10.9 Å². The maximum absolute atomic E-state index is 6.10. The van der Waals surface area contributed by atoms with E-state index in [-0.39, 0.29) is 0 Å². The van der Waals surface area contributed by atoms with Crippen LogP contribution in [0.5, 0.6) is 5.75 Å². The molecular weight excluding hydrogens is 356 g/mol. The Balaban J connectivity index is 1.05. The fraction of sp³-hybridized carbons (Fsp3) is 0.423. The van der Waals surface area contributed by atoms with Crippen molar-refractivity contribution in [1.29, 1.82) is 0 Å². The molecular formula is C26H30N2O. The highest BCUT2D eigenvalue weighted by Gasteiger charge is 2.39. The van der Waals surface area contributed by atoms with Crippen LogP contribution in [-0.4, -0.2) is 36.1 Å². The Morgan fingerprint density at radius 3 is 2.59 bits per heavy atom. The van der Waals surface area contributed by atoms with Gasteiger partial charge in [0.05, 0.1) is 5.52 Å². The first kappa shape index (κ1) is 18.6. The second-order valence-electron chi connectivity index (χ2n) is 8.71. The Morgan fingerprint density at radius 1 is 0.931 bits per heavy atom. The quantitative estimate of drug-likeness (QED) is 0.535. The van der Waals surface area contributed by atoms with Crippen LogP contribution >= 0.6 is 0 Å². The van der Waals surface area contributed by atoms with Crippen LogP contribution in [-0.2, 0) is 0 Å². The Hall–Kier alpha value is -2.39. The average molecular weight is 387 g/mol. The summed E-state index contributed by atoms with van der Waals surface area (Å²) in [6.45, 7) is 4.19. The maximum atomic E-state index is 6.10. The Labute approximate surface area is 173 Å². The van der Waals surface area contributed by atoms with Gasteiger partial charge < -0.3 is 4.74 Å². The van der Waals surface area contributed by atoms with Crippen LogP contribution in [0.1, 0.15) is 37.2 Å². The minimum absolute atomic E-state index is 0.747. The van der Waals surface area contributed by atoms with Gasteiger partial charge in [-0.3, -0.25) is 9.88 Å². The number of hydrogen-bond donors (Lipinski definition) is 0. The highest BCUT2D eigenvalue weighted by Crippen LogP contribution is 2.51. The Morgan fingerprint density at radius 2 is 1.72 bits per heavy atom. The van der Waals surface area contributed by atoms with E-state index in [0.29, 0.717) is 0 Å². The fourth-order valence-corrected chi connectivity index (χ4v) is 4.97. The molecule has 0 unspecified atom stereocenters. The minimum atomic E-state index is 0.747. The van der Waals surface area contributed by atoms with Crippen molar-refractivity contribution in [2.24, 2.45) is 11.8 Å². The number of likely N-dealkylation sites (tertiary alicyclic amines) is 1. The van der Waals surface area contributed by atoms with Gasteiger partial charge in [0.15, 0.2) is 0 Å². The number of ether oxygens (including phenoxy) is 1.